The molecule has 2 aliphatic rings. The van der Waals surface area contributed by atoms with Gasteiger partial charge in [-0.15, -0.1) is 0 Å². The van der Waals surface area contributed by atoms with Gasteiger partial charge in [0.15, 0.2) is 0 Å². The first-order valence-corrected chi connectivity index (χ1v) is 9.62. The van der Waals surface area contributed by atoms with Crippen molar-refractivity contribution in [3.63, 3.8) is 0 Å². The Morgan fingerprint density at radius 2 is 2.04 bits per heavy atom. The van der Waals surface area contributed by atoms with E-state index in [2.05, 4.69) is 15.0 Å². The first kappa shape index (κ1) is 18.7. The molecule has 0 spiro atoms. The first-order chi connectivity index (χ1) is 13.4. The number of likely N-dealkylation sites (tertiary alicyclic amines) is 1. The first-order valence-electron chi connectivity index (χ1n) is 9.62. The minimum Gasteiger partial charge on any atom is -0.342 e. The Hall–Kier alpha value is -2.68. The molecule has 28 heavy (non-hydrogen) atoms. The zero-order chi connectivity index (χ0) is 19.8. The van der Waals surface area contributed by atoms with E-state index in [1.807, 2.05) is 37.3 Å². The summed E-state index contributed by atoms with van der Waals surface area (Å²) in [6, 6.07) is 0. The third-order valence-electron chi connectivity index (χ3n) is 5.92. The fraction of sp³-hybridized carbons (Fsp3) is 0.579. The number of aryl methyl sites for hydroxylation is 2. The van der Waals surface area contributed by atoms with E-state index >= 15 is 0 Å². The number of nitrogens with zero attached hydrogens (tertiary/aromatic N) is 7. The monoisotopic (exact) mass is 385 g/mol. The summed E-state index contributed by atoms with van der Waals surface area (Å²) in [5.74, 6) is 0.933. The van der Waals surface area contributed by atoms with E-state index in [4.69, 9.17) is 0 Å². The fourth-order valence-electron chi connectivity index (χ4n) is 4.16. The summed E-state index contributed by atoms with van der Waals surface area (Å²) in [6.45, 7) is 3.49. The standard InChI is InChI=1S/C19H27N7O2/c1-22-5-4-20-17(22)12-25-10-15(14-8-21-24(3)9-14)16(11-25)19(28)26-7-6-23(2)18(27)13-26/h4-5,8-9,15-16H,6-7,10-13H2,1-3H3/t15-,16+/m0/s1. The molecular formula is C19H27N7O2. The van der Waals surface area contributed by atoms with Crippen LogP contribution in [-0.4, -0.2) is 85.6 Å². The second-order valence-corrected chi connectivity index (χ2v) is 7.88. The average molecular weight is 385 g/mol. The molecule has 0 unspecified atom stereocenters. The Bertz CT molecular complexity index is 873. The van der Waals surface area contributed by atoms with Crippen LogP contribution in [0.5, 0.6) is 0 Å². The molecule has 0 N–H and O–H groups in total. The predicted molar refractivity (Wildman–Crippen MR) is 102 cm³/mol. The highest BCUT2D eigenvalue weighted by Crippen LogP contribution is 2.34. The van der Waals surface area contributed by atoms with E-state index in [0.717, 1.165) is 17.9 Å². The van der Waals surface area contributed by atoms with Gasteiger partial charge >= 0.3 is 0 Å². The van der Waals surface area contributed by atoms with Crippen molar-refractivity contribution >= 4 is 11.8 Å². The molecule has 4 rings (SSSR count). The Labute approximate surface area is 164 Å². The number of piperazine rings is 1. The van der Waals surface area contributed by atoms with Crippen molar-refractivity contribution in [2.45, 2.75) is 12.5 Å². The number of aromatic nitrogens is 4. The molecule has 2 aliphatic heterocycles. The average Bonchev–Trinajstić information content (AvgIpc) is 3.38. The van der Waals surface area contributed by atoms with Crippen LogP contribution in [0.3, 0.4) is 0 Å². The Morgan fingerprint density at radius 1 is 1.21 bits per heavy atom. The molecule has 0 aliphatic carbocycles. The Kier molecular flexibility index (Phi) is 4.92. The highest BCUT2D eigenvalue weighted by molar-refractivity contribution is 5.87. The third-order valence-corrected chi connectivity index (χ3v) is 5.92. The molecule has 4 heterocycles. The molecule has 2 fully saturated rings. The van der Waals surface area contributed by atoms with Gasteiger partial charge in [-0.05, 0) is 5.56 Å². The van der Waals surface area contributed by atoms with Crippen LogP contribution in [0, 0.1) is 5.92 Å². The topological polar surface area (TPSA) is 79.5 Å². The maximum atomic E-state index is 13.3. The third kappa shape index (κ3) is 3.54. The smallest absolute Gasteiger partial charge is 0.241 e. The predicted octanol–water partition coefficient (Wildman–Crippen LogP) is -0.330. The minimum atomic E-state index is -0.180. The van der Waals surface area contributed by atoms with E-state index in [1.54, 1.807) is 27.7 Å². The number of hydrogen-bond donors (Lipinski definition) is 0. The Morgan fingerprint density at radius 3 is 2.68 bits per heavy atom. The van der Waals surface area contributed by atoms with Crippen LogP contribution in [0.15, 0.2) is 24.8 Å². The van der Waals surface area contributed by atoms with Gasteiger partial charge in [-0.2, -0.15) is 5.10 Å². The van der Waals surface area contributed by atoms with E-state index in [9.17, 15) is 9.59 Å². The summed E-state index contributed by atoms with van der Waals surface area (Å²) in [5, 5.41) is 4.30. The number of hydrogen-bond acceptors (Lipinski definition) is 5. The number of likely N-dealkylation sites (N-methyl/N-ethyl adjacent to an activating group) is 1. The SMILES string of the molecule is CN1CCN(C(=O)[C@@H]2CN(Cc3nccn3C)C[C@H]2c2cnn(C)c2)CC1=O. The van der Waals surface area contributed by atoms with Gasteiger partial charge in [0, 0.05) is 71.8 Å². The molecule has 0 aromatic carbocycles. The van der Waals surface area contributed by atoms with Crippen molar-refractivity contribution in [2.24, 2.45) is 20.0 Å². The molecule has 150 valence electrons. The summed E-state index contributed by atoms with van der Waals surface area (Å²) < 4.78 is 3.78. The second kappa shape index (κ2) is 7.38. The van der Waals surface area contributed by atoms with E-state index in [0.29, 0.717) is 26.2 Å². The largest absolute Gasteiger partial charge is 0.342 e. The number of carbonyl (C=O) groups is 2. The number of carbonyl (C=O) groups excluding carboxylic acids is 2. The Balaban J connectivity index is 1.54. The maximum absolute atomic E-state index is 13.3. The van der Waals surface area contributed by atoms with Crippen LogP contribution in [0.2, 0.25) is 0 Å². The summed E-state index contributed by atoms with van der Waals surface area (Å²) in [7, 11) is 5.66. The molecule has 2 saturated heterocycles. The highest BCUT2D eigenvalue weighted by atomic mass is 16.2. The summed E-state index contributed by atoms with van der Waals surface area (Å²) >= 11 is 0. The molecule has 0 bridgehead atoms. The molecule has 2 aromatic heterocycles. The van der Waals surface area contributed by atoms with Crippen LogP contribution in [0.25, 0.3) is 0 Å². The van der Waals surface area contributed by atoms with Gasteiger partial charge in [-0.25, -0.2) is 4.98 Å². The van der Waals surface area contributed by atoms with E-state index in [-0.39, 0.29) is 30.2 Å². The van der Waals surface area contributed by atoms with Crippen LogP contribution in [0.4, 0.5) is 0 Å². The van der Waals surface area contributed by atoms with Crippen LogP contribution >= 0.6 is 0 Å². The molecule has 2 atom stereocenters. The van der Waals surface area contributed by atoms with Crippen LogP contribution < -0.4 is 0 Å². The van der Waals surface area contributed by atoms with Crippen molar-refractivity contribution in [3.05, 3.63) is 36.2 Å². The van der Waals surface area contributed by atoms with Crippen molar-refractivity contribution < 1.29 is 9.59 Å². The normalized spacial score (nSPS) is 23.6. The minimum absolute atomic E-state index is 0.000362. The van der Waals surface area contributed by atoms with Gasteiger partial charge in [0.2, 0.25) is 11.8 Å². The lowest BCUT2D eigenvalue weighted by Gasteiger charge is -2.34. The quantitative estimate of drug-likeness (QED) is 0.720. The molecule has 2 aromatic rings. The highest BCUT2D eigenvalue weighted by Gasteiger charge is 2.42. The van der Waals surface area contributed by atoms with Gasteiger partial charge < -0.3 is 14.4 Å². The number of amides is 2. The fourth-order valence-corrected chi connectivity index (χ4v) is 4.16. The van der Waals surface area contributed by atoms with Crippen molar-refractivity contribution in [3.8, 4) is 0 Å². The van der Waals surface area contributed by atoms with Gasteiger partial charge in [0.1, 0.15) is 5.82 Å². The summed E-state index contributed by atoms with van der Waals surface area (Å²) in [5.41, 5.74) is 1.07. The van der Waals surface area contributed by atoms with Crippen molar-refractivity contribution in [1.29, 1.82) is 0 Å². The molecular weight excluding hydrogens is 358 g/mol. The summed E-state index contributed by atoms with van der Waals surface area (Å²) in [6.07, 6.45) is 7.57. The lowest BCUT2D eigenvalue weighted by molar-refractivity contribution is -0.146. The van der Waals surface area contributed by atoms with Crippen LogP contribution in [0.1, 0.15) is 17.3 Å². The summed E-state index contributed by atoms with van der Waals surface area (Å²) in [4.78, 5) is 35.5. The molecule has 2 amide bonds. The van der Waals surface area contributed by atoms with Gasteiger partial charge in [0.25, 0.3) is 0 Å². The lowest BCUT2D eigenvalue weighted by atomic mass is 9.89. The zero-order valence-electron chi connectivity index (χ0n) is 16.7. The molecule has 9 nitrogen and oxygen atoms in total. The lowest BCUT2D eigenvalue weighted by Crippen LogP contribution is -2.52. The second-order valence-electron chi connectivity index (χ2n) is 7.88. The van der Waals surface area contributed by atoms with Crippen LogP contribution in [-0.2, 0) is 30.2 Å². The van der Waals surface area contributed by atoms with Gasteiger partial charge in [0.05, 0.1) is 25.2 Å². The number of rotatable bonds is 4. The van der Waals surface area contributed by atoms with Gasteiger partial charge in [-0.3, -0.25) is 19.2 Å². The molecule has 0 radical (unpaired) electrons. The molecule has 9 heteroatoms. The zero-order valence-corrected chi connectivity index (χ0v) is 16.7. The van der Waals surface area contributed by atoms with E-state index in [1.165, 1.54) is 0 Å². The van der Waals surface area contributed by atoms with Gasteiger partial charge in [-0.1, -0.05) is 0 Å². The van der Waals surface area contributed by atoms with Crippen molar-refractivity contribution in [1.82, 2.24) is 34.0 Å². The molecule has 0 saturated carbocycles. The number of imidazole rings is 1. The van der Waals surface area contributed by atoms with E-state index < -0.39 is 0 Å². The van der Waals surface area contributed by atoms with Crippen molar-refractivity contribution in [2.75, 3.05) is 39.8 Å². The maximum Gasteiger partial charge on any atom is 0.241 e.